The van der Waals surface area contributed by atoms with Crippen LogP contribution >= 0.6 is 0 Å². The fraction of sp³-hybridized carbons (Fsp3) is 1.00. The third kappa shape index (κ3) is 2.98. The molecule has 1 fully saturated rings. The van der Waals surface area contributed by atoms with Crippen molar-refractivity contribution in [3.8, 4) is 0 Å². The summed E-state index contributed by atoms with van der Waals surface area (Å²) in [5, 5.41) is 0. The fourth-order valence-corrected chi connectivity index (χ4v) is 3.04. The Morgan fingerprint density at radius 1 is 1.20 bits per heavy atom. The Balaban J connectivity index is 2.51. The normalized spacial score (nSPS) is 22.2. The minimum Gasteiger partial charge on any atom is -0.0654 e. The highest BCUT2D eigenvalue weighted by Gasteiger charge is 2.39. The predicted molar refractivity (Wildman–Crippen MR) is 69.0 cm³/mol. The number of hydrogen-bond donors (Lipinski definition) is 0. The first-order valence-electron chi connectivity index (χ1n) is 6.96. The Bertz CT molecular complexity index is 186. The summed E-state index contributed by atoms with van der Waals surface area (Å²) in [7, 11) is 0. The van der Waals surface area contributed by atoms with Crippen LogP contribution in [0, 0.1) is 16.7 Å². The van der Waals surface area contributed by atoms with Crippen molar-refractivity contribution >= 4 is 0 Å². The van der Waals surface area contributed by atoms with Gasteiger partial charge in [0.25, 0.3) is 0 Å². The van der Waals surface area contributed by atoms with E-state index < -0.39 is 0 Å². The van der Waals surface area contributed by atoms with Gasteiger partial charge in [0.1, 0.15) is 0 Å². The fourth-order valence-electron chi connectivity index (χ4n) is 3.04. The molecule has 0 aromatic carbocycles. The summed E-state index contributed by atoms with van der Waals surface area (Å²) >= 11 is 0. The van der Waals surface area contributed by atoms with Crippen LogP contribution in [-0.2, 0) is 0 Å². The predicted octanol–water partition coefficient (Wildman–Crippen LogP) is 5.42. The first-order chi connectivity index (χ1) is 6.96. The summed E-state index contributed by atoms with van der Waals surface area (Å²) in [6.45, 7) is 12.0. The molecule has 0 saturated heterocycles. The molecule has 1 aliphatic carbocycles. The van der Waals surface area contributed by atoms with Crippen molar-refractivity contribution in [2.24, 2.45) is 16.7 Å². The quantitative estimate of drug-likeness (QED) is 0.549. The van der Waals surface area contributed by atoms with Crippen LogP contribution in [0.25, 0.3) is 0 Å². The van der Waals surface area contributed by atoms with Gasteiger partial charge in [0.15, 0.2) is 0 Å². The zero-order valence-corrected chi connectivity index (χ0v) is 11.5. The second-order valence-corrected chi connectivity index (χ2v) is 6.55. The molecule has 0 spiro atoms. The lowest BCUT2D eigenvalue weighted by molar-refractivity contribution is 0.0476. The SMILES string of the molecule is CCCC1(CC(C)C(C)(C)CC)CCC1. The van der Waals surface area contributed by atoms with Gasteiger partial charge in [-0.1, -0.05) is 53.9 Å². The van der Waals surface area contributed by atoms with Crippen LogP contribution < -0.4 is 0 Å². The maximum Gasteiger partial charge on any atom is -0.0295 e. The summed E-state index contributed by atoms with van der Waals surface area (Å²) in [6, 6.07) is 0. The highest BCUT2D eigenvalue weighted by Crippen LogP contribution is 2.52. The molecule has 0 heteroatoms. The van der Waals surface area contributed by atoms with Crippen LogP contribution in [0.3, 0.4) is 0 Å². The molecule has 0 heterocycles. The van der Waals surface area contributed by atoms with Crippen molar-refractivity contribution in [2.75, 3.05) is 0 Å². The van der Waals surface area contributed by atoms with Crippen LogP contribution in [0.5, 0.6) is 0 Å². The molecular weight excluding hydrogens is 180 g/mol. The molecular formula is C15H30. The number of rotatable bonds is 6. The van der Waals surface area contributed by atoms with Gasteiger partial charge in [-0.3, -0.25) is 0 Å². The van der Waals surface area contributed by atoms with E-state index in [-0.39, 0.29) is 0 Å². The van der Waals surface area contributed by atoms with Gasteiger partial charge in [-0.05, 0) is 42.4 Å². The Labute approximate surface area is 96.8 Å². The highest BCUT2D eigenvalue weighted by molar-refractivity contribution is 4.91. The van der Waals surface area contributed by atoms with Crippen molar-refractivity contribution in [2.45, 2.75) is 79.6 Å². The molecule has 90 valence electrons. The number of hydrogen-bond acceptors (Lipinski definition) is 0. The second kappa shape index (κ2) is 4.89. The lowest BCUT2D eigenvalue weighted by Gasteiger charge is -2.47. The van der Waals surface area contributed by atoms with E-state index in [1.165, 1.54) is 44.9 Å². The molecule has 1 saturated carbocycles. The lowest BCUT2D eigenvalue weighted by atomic mass is 9.59. The van der Waals surface area contributed by atoms with Crippen LogP contribution in [0.2, 0.25) is 0 Å². The Morgan fingerprint density at radius 3 is 2.13 bits per heavy atom. The Kier molecular flexibility index (Phi) is 4.26. The van der Waals surface area contributed by atoms with Crippen LogP contribution in [0.4, 0.5) is 0 Å². The van der Waals surface area contributed by atoms with Gasteiger partial charge >= 0.3 is 0 Å². The maximum absolute atomic E-state index is 2.47. The van der Waals surface area contributed by atoms with Crippen LogP contribution in [0.1, 0.15) is 79.6 Å². The zero-order valence-electron chi connectivity index (χ0n) is 11.5. The average molecular weight is 210 g/mol. The summed E-state index contributed by atoms with van der Waals surface area (Å²) in [6.07, 6.45) is 10.1. The van der Waals surface area contributed by atoms with E-state index in [9.17, 15) is 0 Å². The molecule has 0 aromatic rings. The largest absolute Gasteiger partial charge is 0.0654 e. The average Bonchev–Trinajstić information content (AvgIpc) is 2.14. The first kappa shape index (κ1) is 13.1. The van der Waals surface area contributed by atoms with Crippen molar-refractivity contribution in [1.82, 2.24) is 0 Å². The first-order valence-corrected chi connectivity index (χ1v) is 6.96. The van der Waals surface area contributed by atoms with Crippen molar-refractivity contribution in [1.29, 1.82) is 0 Å². The molecule has 1 atom stereocenters. The van der Waals surface area contributed by atoms with E-state index in [0.717, 1.165) is 11.3 Å². The molecule has 0 aliphatic heterocycles. The molecule has 1 aliphatic rings. The highest BCUT2D eigenvalue weighted by atomic mass is 14.4. The van der Waals surface area contributed by atoms with E-state index in [1.807, 2.05) is 0 Å². The van der Waals surface area contributed by atoms with E-state index in [2.05, 4.69) is 34.6 Å². The Morgan fingerprint density at radius 2 is 1.80 bits per heavy atom. The third-order valence-corrected chi connectivity index (χ3v) is 5.18. The van der Waals surface area contributed by atoms with Gasteiger partial charge in [-0.25, -0.2) is 0 Å². The lowest BCUT2D eigenvalue weighted by Crippen LogP contribution is -2.35. The van der Waals surface area contributed by atoms with E-state index >= 15 is 0 Å². The van der Waals surface area contributed by atoms with Crippen LogP contribution in [0.15, 0.2) is 0 Å². The Hall–Kier alpha value is 0. The minimum atomic E-state index is 0.538. The maximum atomic E-state index is 2.47. The molecule has 0 N–H and O–H groups in total. The molecule has 1 unspecified atom stereocenters. The standard InChI is InChI=1S/C15H30/c1-6-9-15(10-8-11-15)12-13(3)14(4,5)7-2/h13H,6-12H2,1-5H3. The molecule has 1 rings (SSSR count). The van der Waals surface area contributed by atoms with Gasteiger partial charge in [0, 0.05) is 0 Å². The van der Waals surface area contributed by atoms with E-state index in [0.29, 0.717) is 5.41 Å². The smallest absolute Gasteiger partial charge is 0.0295 e. The van der Waals surface area contributed by atoms with Crippen LogP contribution in [-0.4, -0.2) is 0 Å². The molecule has 0 aromatic heterocycles. The summed E-state index contributed by atoms with van der Waals surface area (Å²) < 4.78 is 0. The molecule has 0 bridgehead atoms. The summed E-state index contributed by atoms with van der Waals surface area (Å²) in [5.74, 6) is 0.884. The molecule has 0 nitrogen and oxygen atoms in total. The van der Waals surface area contributed by atoms with Gasteiger partial charge in [0.05, 0.1) is 0 Å². The van der Waals surface area contributed by atoms with E-state index in [4.69, 9.17) is 0 Å². The van der Waals surface area contributed by atoms with Crippen molar-refractivity contribution < 1.29 is 0 Å². The van der Waals surface area contributed by atoms with E-state index in [1.54, 1.807) is 0 Å². The van der Waals surface area contributed by atoms with Gasteiger partial charge < -0.3 is 0 Å². The third-order valence-electron chi connectivity index (χ3n) is 5.18. The second-order valence-electron chi connectivity index (χ2n) is 6.55. The minimum absolute atomic E-state index is 0.538. The molecule has 0 amide bonds. The van der Waals surface area contributed by atoms with Crippen molar-refractivity contribution in [3.05, 3.63) is 0 Å². The molecule has 0 radical (unpaired) electrons. The van der Waals surface area contributed by atoms with Gasteiger partial charge in [-0.2, -0.15) is 0 Å². The summed E-state index contributed by atoms with van der Waals surface area (Å²) in [5.41, 5.74) is 1.29. The molecule has 15 heavy (non-hydrogen) atoms. The van der Waals surface area contributed by atoms with Gasteiger partial charge in [-0.15, -0.1) is 0 Å². The summed E-state index contributed by atoms with van der Waals surface area (Å²) in [4.78, 5) is 0. The topological polar surface area (TPSA) is 0 Å². The van der Waals surface area contributed by atoms with Crippen molar-refractivity contribution in [3.63, 3.8) is 0 Å². The van der Waals surface area contributed by atoms with Gasteiger partial charge in [0.2, 0.25) is 0 Å². The zero-order chi connectivity index (χ0) is 11.5. The monoisotopic (exact) mass is 210 g/mol.